The highest BCUT2D eigenvalue weighted by molar-refractivity contribution is 6.13. The van der Waals surface area contributed by atoms with Crippen molar-refractivity contribution in [3.8, 4) is 23.0 Å². The predicted octanol–water partition coefficient (Wildman–Crippen LogP) is 4.41. The van der Waals surface area contributed by atoms with Crippen LogP contribution in [0.15, 0.2) is 60.7 Å². The van der Waals surface area contributed by atoms with Crippen molar-refractivity contribution < 1.29 is 28.5 Å². The minimum atomic E-state index is -1.21. The summed E-state index contributed by atoms with van der Waals surface area (Å²) in [4.78, 5) is 30.5. The number of carbonyl (C=O) groups excluding carboxylic acids is 2. The van der Waals surface area contributed by atoms with Crippen LogP contribution in [0.5, 0.6) is 23.0 Å². The first kappa shape index (κ1) is 23.2. The molecule has 3 unspecified atom stereocenters. The molecule has 3 aliphatic heterocycles. The molecule has 6 rings (SSSR count). The number of hydrogen-bond acceptors (Lipinski definition) is 6. The molecule has 0 bridgehead atoms. The van der Waals surface area contributed by atoms with E-state index < -0.39 is 11.6 Å². The molecule has 2 amide bonds. The van der Waals surface area contributed by atoms with Gasteiger partial charge in [0.05, 0.1) is 45.2 Å². The molecule has 1 fully saturated rings. The SMILES string of the molecule is COc1ccc2c(c1)C1C(CO2)C(c2ccccc2)[C@]2(C)C(=O)Nc3cc(OC)c(OC)cc3C(=O)N12. The highest BCUT2D eigenvalue weighted by atomic mass is 16.5. The second-order valence-electron chi connectivity index (χ2n) is 9.74. The molecule has 0 aliphatic carbocycles. The van der Waals surface area contributed by atoms with Crippen molar-refractivity contribution in [3.63, 3.8) is 0 Å². The third-order valence-electron chi connectivity index (χ3n) is 8.02. The average Bonchev–Trinajstić information content (AvgIpc) is 3.18. The number of nitrogens with one attached hydrogen (secondary N) is 1. The van der Waals surface area contributed by atoms with E-state index in [1.165, 1.54) is 14.2 Å². The smallest absolute Gasteiger partial charge is 0.257 e. The fourth-order valence-electron chi connectivity index (χ4n) is 6.35. The fraction of sp³-hybridized carbons (Fsp3) is 0.310. The minimum Gasteiger partial charge on any atom is -0.497 e. The topological polar surface area (TPSA) is 86.3 Å². The van der Waals surface area contributed by atoms with E-state index in [1.54, 1.807) is 24.1 Å². The Balaban J connectivity index is 1.61. The van der Waals surface area contributed by atoms with Crippen LogP contribution in [0.2, 0.25) is 0 Å². The lowest BCUT2D eigenvalue weighted by Crippen LogP contribution is -2.54. The zero-order valence-corrected chi connectivity index (χ0v) is 21.1. The summed E-state index contributed by atoms with van der Waals surface area (Å²) < 4.78 is 22.7. The third kappa shape index (κ3) is 3.21. The molecule has 3 aromatic carbocycles. The highest BCUT2D eigenvalue weighted by Gasteiger charge is 2.65. The maximum absolute atomic E-state index is 14.5. The summed E-state index contributed by atoms with van der Waals surface area (Å²) in [5, 5.41) is 3.04. The number of fused-ring (bicyclic) bond motifs is 6. The Morgan fingerprint density at radius 2 is 1.68 bits per heavy atom. The summed E-state index contributed by atoms with van der Waals surface area (Å²) >= 11 is 0. The summed E-state index contributed by atoms with van der Waals surface area (Å²) in [6.45, 7) is 2.23. The van der Waals surface area contributed by atoms with E-state index in [2.05, 4.69) is 5.32 Å². The van der Waals surface area contributed by atoms with Crippen molar-refractivity contribution >= 4 is 17.5 Å². The molecule has 1 N–H and O–H groups in total. The Labute approximate surface area is 215 Å². The molecular formula is C29H28N2O6. The average molecular weight is 501 g/mol. The molecule has 37 heavy (non-hydrogen) atoms. The van der Waals surface area contributed by atoms with Gasteiger partial charge in [-0.1, -0.05) is 30.3 Å². The van der Waals surface area contributed by atoms with Crippen LogP contribution in [-0.2, 0) is 4.79 Å². The van der Waals surface area contributed by atoms with E-state index in [4.69, 9.17) is 18.9 Å². The number of anilines is 1. The van der Waals surface area contributed by atoms with Crippen molar-refractivity contribution in [2.45, 2.75) is 24.4 Å². The molecule has 3 aromatic rings. The van der Waals surface area contributed by atoms with Crippen molar-refractivity contribution in [2.24, 2.45) is 5.92 Å². The monoisotopic (exact) mass is 500 g/mol. The number of nitrogens with zero attached hydrogens (tertiary/aromatic N) is 1. The molecule has 8 nitrogen and oxygen atoms in total. The molecule has 190 valence electrons. The highest BCUT2D eigenvalue weighted by Crippen LogP contribution is 2.60. The summed E-state index contributed by atoms with van der Waals surface area (Å²) in [5.74, 6) is 1.18. The zero-order valence-electron chi connectivity index (χ0n) is 21.1. The molecule has 0 aromatic heterocycles. The normalized spacial score (nSPS) is 25.5. The van der Waals surface area contributed by atoms with Crippen molar-refractivity contribution in [1.82, 2.24) is 4.90 Å². The first-order valence-corrected chi connectivity index (χ1v) is 12.2. The second kappa shape index (κ2) is 8.44. The van der Waals surface area contributed by atoms with Gasteiger partial charge in [-0.25, -0.2) is 0 Å². The summed E-state index contributed by atoms with van der Waals surface area (Å²) in [6.07, 6.45) is 0. The molecule has 3 heterocycles. The van der Waals surface area contributed by atoms with Gasteiger partial charge in [-0.3, -0.25) is 9.59 Å². The predicted molar refractivity (Wildman–Crippen MR) is 137 cm³/mol. The van der Waals surface area contributed by atoms with E-state index in [0.717, 1.165) is 11.1 Å². The number of amides is 2. The molecule has 3 aliphatic rings. The van der Waals surface area contributed by atoms with E-state index in [0.29, 0.717) is 40.9 Å². The number of methoxy groups -OCH3 is 3. The van der Waals surface area contributed by atoms with Crippen LogP contribution in [0.1, 0.15) is 40.4 Å². The Hall–Kier alpha value is -4.20. The van der Waals surface area contributed by atoms with Crippen LogP contribution < -0.4 is 24.3 Å². The van der Waals surface area contributed by atoms with E-state index in [1.807, 2.05) is 55.5 Å². The number of benzene rings is 3. The van der Waals surface area contributed by atoms with Gasteiger partial charge < -0.3 is 29.2 Å². The van der Waals surface area contributed by atoms with Gasteiger partial charge >= 0.3 is 0 Å². The minimum absolute atomic E-state index is 0.164. The van der Waals surface area contributed by atoms with Crippen LogP contribution in [0.25, 0.3) is 0 Å². The second-order valence-corrected chi connectivity index (χ2v) is 9.74. The van der Waals surface area contributed by atoms with Crippen LogP contribution in [0, 0.1) is 5.92 Å². The number of ether oxygens (including phenoxy) is 4. The fourth-order valence-corrected chi connectivity index (χ4v) is 6.35. The van der Waals surface area contributed by atoms with Crippen molar-refractivity contribution in [1.29, 1.82) is 0 Å². The first-order valence-electron chi connectivity index (χ1n) is 12.2. The van der Waals surface area contributed by atoms with Gasteiger partial charge in [-0.2, -0.15) is 0 Å². The largest absolute Gasteiger partial charge is 0.497 e. The summed E-state index contributed by atoms with van der Waals surface area (Å²) in [6, 6.07) is 18.4. The maximum atomic E-state index is 14.5. The van der Waals surface area contributed by atoms with Gasteiger partial charge in [0.25, 0.3) is 11.8 Å². The molecule has 0 radical (unpaired) electrons. The van der Waals surface area contributed by atoms with Crippen LogP contribution in [-0.4, -0.2) is 50.2 Å². The third-order valence-corrected chi connectivity index (χ3v) is 8.02. The Morgan fingerprint density at radius 1 is 0.946 bits per heavy atom. The maximum Gasteiger partial charge on any atom is 0.257 e. The molecule has 0 saturated carbocycles. The van der Waals surface area contributed by atoms with E-state index in [9.17, 15) is 9.59 Å². The standard InChI is InChI=1S/C29H28N2O6/c1-29-25(16-8-6-5-7-9-16)20-15-37-22-11-10-17(34-2)12-19(22)26(20)31(29)27(32)18-13-23(35-3)24(36-4)14-21(18)30-28(29)33/h5-14,20,25-26H,15H2,1-4H3,(H,30,33)/t20?,25?,26?,29-/m1/s1. The van der Waals surface area contributed by atoms with Crippen LogP contribution >= 0.6 is 0 Å². The Bertz CT molecular complexity index is 1410. The van der Waals surface area contributed by atoms with Crippen molar-refractivity contribution in [3.05, 3.63) is 77.4 Å². The molecule has 0 spiro atoms. The van der Waals surface area contributed by atoms with Gasteiger partial charge in [0.15, 0.2) is 11.5 Å². The van der Waals surface area contributed by atoms with Crippen LogP contribution in [0.3, 0.4) is 0 Å². The quantitative estimate of drug-likeness (QED) is 0.571. The number of hydrogen-bond donors (Lipinski definition) is 1. The summed E-state index contributed by atoms with van der Waals surface area (Å²) in [7, 11) is 4.65. The number of rotatable bonds is 4. The van der Waals surface area contributed by atoms with Gasteiger partial charge in [0, 0.05) is 23.5 Å². The lowest BCUT2D eigenvalue weighted by atomic mass is 9.73. The van der Waals surface area contributed by atoms with E-state index in [-0.39, 0.29) is 23.7 Å². The lowest BCUT2D eigenvalue weighted by Gasteiger charge is -2.38. The van der Waals surface area contributed by atoms with Gasteiger partial charge in [0.2, 0.25) is 0 Å². The van der Waals surface area contributed by atoms with E-state index >= 15 is 0 Å². The van der Waals surface area contributed by atoms with Crippen LogP contribution in [0.4, 0.5) is 5.69 Å². The Morgan fingerprint density at radius 3 is 2.38 bits per heavy atom. The molecule has 4 atom stereocenters. The molecular weight excluding hydrogens is 472 g/mol. The van der Waals surface area contributed by atoms with Gasteiger partial charge in [-0.15, -0.1) is 0 Å². The molecule has 1 saturated heterocycles. The molecule has 8 heteroatoms. The Kier molecular flexibility index (Phi) is 5.29. The lowest BCUT2D eigenvalue weighted by molar-refractivity contribution is -0.125. The summed E-state index contributed by atoms with van der Waals surface area (Å²) in [5.41, 5.74) is 1.33. The number of carbonyl (C=O) groups is 2. The van der Waals surface area contributed by atoms with Crippen molar-refractivity contribution in [2.75, 3.05) is 33.3 Å². The first-order chi connectivity index (χ1) is 17.9. The van der Waals surface area contributed by atoms with Gasteiger partial charge in [0.1, 0.15) is 17.0 Å². The zero-order chi connectivity index (χ0) is 25.9. The van der Waals surface area contributed by atoms with Gasteiger partial charge in [-0.05, 0) is 36.8 Å².